The Hall–Kier alpha value is -1.65. The fraction of sp³-hybridized carbons (Fsp3) is 0.524. The predicted molar refractivity (Wildman–Crippen MR) is 128 cm³/mol. The monoisotopic (exact) mass is 512 g/mol. The molecule has 0 bridgehead atoms. The Bertz CT molecular complexity index is 757. The van der Waals surface area contributed by atoms with Crippen molar-refractivity contribution < 1.29 is 4.74 Å². The van der Waals surface area contributed by atoms with Gasteiger partial charge in [-0.05, 0) is 30.5 Å². The Balaban J connectivity index is 0.00000300. The summed E-state index contributed by atoms with van der Waals surface area (Å²) in [6.07, 6.45) is 3.93. The van der Waals surface area contributed by atoms with Crippen molar-refractivity contribution in [3.63, 3.8) is 0 Å². The van der Waals surface area contributed by atoms with E-state index in [-0.39, 0.29) is 24.0 Å². The molecule has 1 aromatic heterocycles. The van der Waals surface area contributed by atoms with Crippen molar-refractivity contribution in [2.24, 2.45) is 4.99 Å². The van der Waals surface area contributed by atoms with E-state index in [9.17, 15) is 0 Å². The van der Waals surface area contributed by atoms with E-state index in [1.54, 1.807) is 0 Å². The van der Waals surface area contributed by atoms with Gasteiger partial charge in [-0.3, -0.25) is 9.58 Å². The molecule has 0 atom stereocenters. The van der Waals surface area contributed by atoms with Crippen LogP contribution in [0.3, 0.4) is 0 Å². The first-order chi connectivity index (χ1) is 13.7. The van der Waals surface area contributed by atoms with Crippen LogP contribution in [0.1, 0.15) is 23.6 Å². The highest BCUT2D eigenvalue weighted by atomic mass is 127. The normalized spacial score (nSPS) is 15.0. The summed E-state index contributed by atoms with van der Waals surface area (Å²) >= 11 is 0. The van der Waals surface area contributed by atoms with Crippen LogP contribution in [-0.4, -0.2) is 60.0 Å². The molecule has 160 valence electrons. The van der Waals surface area contributed by atoms with Gasteiger partial charge in [0, 0.05) is 38.9 Å². The van der Waals surface area contributed by atoms with E-state index in [1.165, 1.54) is 16.7 Å². The third-order valence-corrected chi connectivity index (χ3v) is 4.76. The molecule has 0 aliphatic carbocycles. The molecule has 0 radical (unpaired) electrons. The highest BCUT2D eigenvalue weighted by Crippen LogP contribution is 2.14. The summed E-state index contributed by atoms with van der Waals surface area (Å²) in [5, 5.41) is 11.1. The minimum Gasteiger partial charge on any atom is -0.379 e. The van der Waals surface area contributed by atoms with Gasteiger partial charge in [0.15, 0.2) is 5.96 Å². The van der Waals surface area contributed by atoms with Crippen LogP contribution in [0.25, 0.3) is 0 Å². The topological polar surface area (TPSA) is 66.7 Å². The fourth-order valence-electron chi connectivity index (χ4n) is 3.25. The van der Waals surface area contributed by atoms with Gasteiger partial charge in [-0.25, -0.2) is 4.99 Å². The largest absolute Gasteiger partial charge is 0.379 e. The van der Waals surface area contributed by atoms with Crippen LogP contribution in [0.2, 0.25) is 0 Å². The molecule has 0 saturated carbocycles. The van der Waals surface area contributed by atoms with E-state index < -0.39 is 0 Å². The van der Waals surface area contributed by atoms with E-state index >= 15 is 0 Å². The fourth-order valence-corrected chi connectivity index (χ4v) is 3.25. The minimum absolute atomic E-state index is 0. The van der Waals surface area contributed by atoms with Crippen molar-refractivity contribution >= 4 is 29.9 Å². The minimum atomic E-state index is 0. The molecule has 1 aliphatic heterocycles. The highest BCUT2D eigenvalue weighted by molar-refractivity contribution is 14.0. The number of hydrogen-bond acceptors (Lipinski definition) is 4. The second-order valence-corrected chi connectivity index (χ2v) is 7.06. The lowest BCUT2D eigenvalue weighted by atomic mass is 10.1. The van der Waals surface area contributed by atoms with Crippen LogP contribution in [0, 0.1) is 6.92 Å². The first-order valence-electron chi connectivity index (χ1n) is 10.1. The van der Waals surface area contributed by atoms with E-state index in [0.29, 0.717) is 6.54 Å². The van der Waals surface area contributed by atoms with Crippen LogP contribution in [0.5, 0.6) is 0 Å². The predicted octanol–water partition coefficient (Wildman–Crippen LogP) is 2.40. The molecule has 7 nitrogen and oxygen atoms in total. The standard InChI is InChI=1S/C21H32N6O.HI/c1-3-22-21(23-8-9-27-16-18(2)14-25-27)24-15-19-6-4-5-7-20(19)17-26-10-12-28-13-11-26;/h4-7,14,16H,3,8-13,15,17H2,1-2H3,(H2,22,23,24);1H. The lowest BCUT2D eigenvalue weighted by Gasteiger charge is -2.27. The lowest BCUT2D eigenvalue weighted by molar-refractivity contribution is 0.0341. The molecule has 1 fully saturated rings. The Morgan fingerprint density at radius 1 is 1.17 bits per heavy atom. The zero-order valence-electron chi connectivity index (χ0n) is 17.4. The van der Waals surface area contributed by atoms with Crippen molar-refractivity contribution in [3.8, 4) is 0 Å². The molecule has 2 heterocycles. The first-order valence-corrected chi connectivity index (χ1v) is 10.1. The quantitative estimate of drug-likeness (QED) is 0.323. The maximum atomic E-state index is 5.46. The maximum Gasteiger partial charge on any atom is 0.191 e. The van der Waals surface area contributed by atoms with Gasteiger partial charge in [0.1, 0.15) is 0 Å². The molecule has 2 N–H and O–H groups in total. The SMILES string of the molecule is CCNC(=NCc1ccccc1CN1CCOCC1)NCCn1cc(C)cn1.I. The number of guanidine groups is 1. The van der Waals surface area contributed by atoms with E-state index in [1.807, 2.05) is 17.1 Å². The number of hydrogen-bond donors (Lipinski definition) is 2. The molecule has 3 rings (SSSR count). The molecule has 29 heavy (non-hydrogen) atoms. The molecule has 8 heteroatoms. The van der Waals surface area contributed by atoms with E-state index in [2.05, 4.69) is 58.7 Å². The van der Waals surface area contributed by atoms with Gasteiger partial charge in [0.2, 0.25) is 0 Å². The molecule has 0 amide bonds. The molecule has 0 unspecified atom stereocenters. The zero-order chi connectivity index (χ0) is 19.6. The molecule has 2 aromatic rings. The highest BCUT2D eigenvalue weighted by Gasteiger charge is 2.12. The van der Waals surface area contributed by atoms with Crippen LogP contribution >= 0.6 is 24.0 Å². The third-order valence-electron chi connectivity index (χ3n) is 4.76. The van der Waals surface area contributed by atoms with Crippen LogP contribution in [0.15, 0.2) is 41.7 Å². The van der Waals surface area contributed by atoms with Crippen molar-refractivity contribution in [3.05, 3.63) is 53.3 Å². The molecule has 1 saturated heterocycles. The summed E-state index contributed by atoms with van der Waals surface area (Å²) in [5.74, 6) is 0.840. The number of benzene rings is 1. The number of morpholine rings is 1. The van der Waals surface area contributed by atoms with E-state index in [4.69, 9.17) is 9.73 Å². The second-order valence-electron chi connectivity index (χ2n) is 7.06. The van der Waals surface area contributed by atoms with Gasteiger partial charge in [-0.1, -0.05) is 24.3 Å². The first kappa shape index (κ1) is 23.6. The smallest absolute Gasteiger partial charge is 0.191 e. The van der Waals surface area contributed by atoms with Gasteiger partial charge in [0.25, 0.3) is 0 Å². The van der Waals surface area contributed by atoms with Crippen molar-refractivity contribution in [2.75, 3.05) is 39.4 Å². The van der Waals surface area contributed by atoms with Gasteiger partial charge < -0.3 is 15.4 Å². The summed E-state index contributed by atoms with van der Waals surface area (Å²) in [7, 11) is 0. The Labute approximate surface area is 190 Å². The number of nitrogens with one attached hydrogen (secondary N) is 2. The second kappa shape index (κ2) is 12.8. The molecule has 1 aliphatic rings. The number of rotatable bonds is 8. The van der Waals surface area contributed by atoms with Crippen molar-refractivity contribution in [1.82, 2.24) is 25.3 Å². The molecule has 1 aromatic carbocycles. The van der Waals surface area contributed by atoms with Crippen LogP contribution < -0.4 is 10.6 Å². The summed E-state index contributed by atoms with van der Waals surface area (Å²) in [4.78, 5) is 7.24. The van der Waals surface area contributed by atoms with E-state index in [0.717, 1.165) is 58.4 Å². The average molecular weight is 512 g/mol. The Morgan fingerprint density at radius 2 is 1.93 bits per heavy atom. The Morgan fingerprint density at radius 3 is 2.62 bits per heavy atom. The summed E-state index contributed by atoms with van der Waals surface area (Å²) in [6, 6.07) is 8.59. The lowest BCUT2D eigenvalue weighted by Crippen LogP contribution is -2.39. The average Bonchev–Trinajstić information content (AvgIpc) is 3.13. The number of aliphatic imine (C=N–C) groups is 1. The van der Waals surface area contributed by atoms with Crippen molar-refractivity contribution in [2.45, 2.75) is 33.5 Å². The number of ether oxygens (including phenoxy) is 1. The van der Waals surface area contributed by atoms with Gasteiger partial charge >= 0.3 is 0 Å². The number of aromatic nitrogens is 2. The summed E-state index contributed by atoms with van der Waals surface area (Å²) in [5.41, 5.74) is 3.79. The van der Waals surface area contributed by atoms with Crippen LogP contribution in [0.4, 0.5) is 0 Å². The summed E-state index contributed by atoms with van der Waals surface area (Å²) in [6.45, 7) is 11.8. The number of halogens is 1. The Kier molecular flexibility index (Phi) is 10.4. The van der Waals surface area contributed by atoms with Crippen molar-refractivity contribution in [1.29, 1.82) is 0 Å². The molecule has 0 spiro atoms. The summed E-state index contributed by atoms with van der Waals surface area (Å²) < 4.78 is 7.41. The maximum absolute atomic E-state index is 5.46. The molecular weight excluding hydrogens is 479 g/mol. The van der Waals surface area contributed by atoms with Gasteiger partial charge in [-0.15, -0.1) is 24.0 Å². The number of nitrogens with zero attached hydrogens (tertiary/aromatic N) is 4. The van der Waals surface area contributed by atoms with Gasteiger partial charge in [0.05, 0.1) is 32.5 Å². The zero-order valence-corrected chi connectivity index (χ0v) is 19.8. The third kappa shape index (κ3) is 7.94. The number of aryl methyl sites for hydroxylation is 1. The molecular formula is C21H33IN6O. The van der Waals surface area contributed by atoms with Crippen LogP contribution in [-0.2, 0) is 24.4 Å². The van der Waals surface area contributed by atoms with Gasteiger partial charge in [-0.2, -0.15) is 5.10 Å².